The molecule has 2 aromatic rings. The second kappa shape index (κ2) is 10.2. The van der Waals surface area contributed by atoms with Gasteiger partial charge in [0.1, 0.15) is 5.82 Å². The molecule has 0 bridgehead atoms. The molecule has 2 saturated heterocycles. The Kier molecular flexibility index (Phi) is 6.82. The summed E-state index contributed by atoms with van der Waals surface area (Å²) in [6.45, 7) is 14.0. The van der Waals surface area contributed by atoms with Gasteiger partial charge in [-0.15, -0.1) is 0 Å². The van der Waals surface area contributed by atoms with Crippen LogP contribution in [-0.2, 0) is 11.3 Å². The number of piperidine rings is 1. The summed E-state index contributed by atoms with van der Waals surface area (Å²) in [5.41, 5.74) is 3.33. The van der Waals surface area contributed by atoms with Gasteiger partial charge >= 0.3 is 0 Å². The van der Waals surface area contributed by atoms with Crippen LogP contribution in [0, 0.1) is 5.82 Å². The first-order valence-corrected chi connectivity index (χ1v) is 12.5. The number of fused-ring (bicyclic) bond motifs is 1. The summed E-state index contributed by atoms with van der Waals surface area (Å²) >= 11 is 0. The van der Waals surface area contributed by atoms with E-state index >= 15 is 4.39 Å². The lowest BCUT2D eigenvalue weighted by atomic mass is 10.0. The van der Waals surface area contributed by atoms with Crippen molar-refractivity contribution in [3.8, 4) is 0 Å². The number of anilines is 4. The molecule has 5 rings (SSSR count). The Morgan fingerprint density at radius 3 is 2.83 bits per heavy atom. The second-order valence-corrected chi connectivity index (χ2v) is 9.57. The predicted octanol–water partition coefficient (Wildman–Crippen LogP) is 4.01. The number of pyridine rings is 1. The van der Waals surface area contributed by atoms with Gasteiger partial charge in [-0.05, 0) is 50.1 Å². The molecule has 0 aliphatic carbocycles. The number of hydrogen-bond donors (Lipinski definition) is 3. The summed E-state index contributed by atoms with van der Waals surface area (Å²) in [5.74, 6) is -0.303. The smallest absolute Gasteiger partial charge is 0.255 e. The second-order valence-electron chi connectivity index (χ2n) is 9.57. The van der Waals surface area contributed by atoms with Crippen LogP contribution in [0.2, 0.25) is 0 Å². The Morgan fingerprint density at radius 2 is 2.08 bits per heavy atom. The molecule has 4 heterocycles. The van der Waals surface area contributed by atoms with Crippen molar-refractivity contribution in [2.45, 2.75) is 38.4 Å². The summed E-state index contributed by atoms with van der Waals surface area (Å²) < 4.78 is 21.0. The molecule has 8 nitrogen and oxygen atoms in total. The van der Waals surface area contributed by atoms with Gasteiger partial charge in [-0.1, -0.05) is 13.2 Å². The number of likely N-dealkylation sites (tertiary alicyclic amines) is 1. The van der Waals surface area contributed by atoms with Crippen molar-refractivity contribution >= 4 is 28.9 Å². The van der Waals surface area contributed by atoms with Gasteiger partial charge in [-0.2, -0.15) is 0 Å². The number of allylic oxidation sites excluding steroid dienone is 1. The van der Waals surface area contributed by atoms with Crippen LogP contribution in [0.25, 0.3) is 0 Å². The van der Waals surface area contributed by atoms with Crippen LogP contribution in [0.4, 0.5) is 27.4 Å². The van der Waals surface area contributed by atoms with Crippen LogP contribution in [0.3, 0.4) is 0 Å². The lowest BCUT2D eigenvalue weighted by Crippen LogP contribution is -2.43. The maximum Gasteiger partial charge on any atom is 0.255 e. The Morgan fingerprint density at radius 1 is 1.28 bits per heavy atom. The van der Waals surface area contributed by atoms with Crippen LogP contribution >= 0.6 is 0 Å². The first-order valence-electron chi connectivity index (χ1n) is 12.5. The highest BCUT2D eigenvalue weighted by atomic mass is 19.1. The fourth-order valence-corrected chi connectivity index (χ4v) is 5.13. The van der Waals surface area contributed by atoms with Gasteiger partial charge in [0.05, 0.1) is 18.8 Å². The van der Waals surface area contributed by atoms with Gasteiger partial charge in [0.25, 0.3) is 5.91 Å². The molecule has 0 saturated carbocycles. The Hall–Kier alpha value is -3.59. The van der Waals surface area contributed by atoms with E-state index in [9.17, 15) is 4.79 Å². The van der Waals surface area contributed by atoms with Crippen molar-refractivity contribution < 1.29 is 13.9 Å². The van der Waals surface area contributed by atoms with Crippen LogP contribution in [-0.4, -0.2) is 60.7 Å². The predicted molar refractivity (Wildman–Crippen MR) is 140 cm³/mol. The summed E-state index contributed by atoms with van der Waals surface area (Å²) in [7, 11) is 0. The van der Waals surface area contributed by atoms with Crippen molar-refractivity contribution in [2.75, 3.05) is 48.4 Å². The fourth-order valence-electron chi connectivity index (χ4n) is 5.13. The van der Waals surface area contributed by atoms with Crippen LogP contribution < -0.4 is 20.9 Å². The van der Waals surface area contributed by atoms with E-state index in [-0.39, 0.29) is 29.9 Å². The number of rotatable bonds is 7. The van der Waals surface area contributed by atoms with Crippen LogP contribution in [0.1, 0.15) is 35.7 Å². The Labute approximate surface area is 211 Å². The monoisotopic (exact) mass is 492 g/mol. The number of carbonyl (C=O) groups excluding carboxylic acids is 1. The lowest BCUT2D eigenvalue weighted by Gasteiger charge is -2.35. The number of nitrogens with zero attached hydrogens (tertiary/aromatic N) is 3. The minimum Gasteiger partial charge on any atom is -0.377 e. The number of halogens is 1. The van der Waals surface area contributed by atoms with E-state index in [1.165, 1.54) is 0 Å². The molecule has 1 aromatic carbocycles. The van der Waals surface area contributed by atoms with Gasteiger partial charge < -0.3 is 30.5 Å². The number of aromatic nitrogens is 1. The molecule has 0 spiro atoms. The zero-order valence-corrected chi connectivity index (χ0v) is 20.6. The number of hydrogen-bond acceptors (Lipinski definition) is 7. The van der Waals surface area contributed by atoms with E-state index < -0.39 is 5.82 Å². The molecule has 1 aromatic heterocycles. The molecule has 36 heavy (non-hydrogen) atoms. The van der Waals surface area contributed by atoms with Crippen molar-refractivity contribution in [3.05, 3.63) is 66.1 Å². The van der Waals surface area contributed by atoms with Gasteiger partial charge in [0.15, 0.2) is 11.6 Å². The standard InChI is InChI=1S/C27H33FN6O2/c1-4-17(2)33-11-5-6-20(15-33)31-26-24(28)22-14-29-27(35)23(22)25(32-26)30-19-7-9-21(10-8-19)34-12-13-36-16-18(34)3/h4,7-10,18,20H,1-2,5-6,11-16H2,3H3,(H,29,35)(H2,30,31,32). The van der Waals surface area contributed by atoms with E-state index in [0.717, 1.165) is 43.0 Å². The highest BCUT2D eigenvalue weighted by Gasteiger charge is 2.31. The molecule has 9 heteroatoms. The minimum atomic E-state index is -0.481. The first kappa shape index (κ1) is 24.1. The third kappa shape index (κ3) is 4.75. The molecule has 2 atom stereocenters. The average Bonchev–Trinajstić information content (AvgIpc) is 3.29. The van der Waals surface area contributed by atoms with Crippen molar-refractivity contribution in [1.82, 2.24) is 15.2 Å². The summed E-state index contributed by atoms with van der Waals surface area (Å²) in [6, 6.07) is 8.29. The maximum absolute atomic E-state index is 15.4. The van der Waals surface area contributed by atoms with Crippen LogP contribution in [0.15, 0.2) is 49.2 Å². The minimum absolute atomic E-state index is 0.00297. The molecule has 0 radical (unpaired) electrons. The van der Waals surface area contributed by atoms with E-state index in [2.05, 4.69) is 50.8 Å². The highest BCUT2D eigenvalue weighted by Crippen LogP contribution is 2.33. The molecule has 3 aliphatic heterocycles. The number of ether oxygens (including phenoxy) is 1. The summed E-state index contributed by atoms with van der Waals surface area (Å²) in [6.07, 6.45) is 3.58. The average molecular weight is 493 g/mol. The Balaban J connectivity index is 1.38. The SMILES string of the molecule is C=CC(=C)N1CCCC(Nc2nc(Nc3ccc(N4CCOCC4C)cc3)c3c(c2F)CNC3=O)C1. The zero-order chi connectivity index (χ0) is 25.2. The largest absolute Gasteiger partial charge is 0.377 e. The number of amides is 1. The van der Waals surface area contributed by atoms with E-state index in [1.807, 2.05) is 24.3 Å². The normalized spacial score (nSPS) is 21.6. The molecular formula is C27H33FN6O2. The molecular weight excluding hydrogens is 459 g/mol. The summed E-state index contributed by atoms with van der Waals surface area (Å²) in [4.78, 5) is 21.6. The van der Waals surface area contributed by atoms with Crippen molar-refractivity contribution in [2.24, 2.45) is 0 Å². The molecule has 190 valence electrons. The molecule has 3 aliphatic rings. The number of carbonyl (C=O) groups is 1. The maximum atomic E-state index is 15.4. The number of benzene rings is 1. The van der Waals surface area contributed by atoms with Gasteiger partial charge in [-0.25, -0.2) is 9.37 Å². The third-order valence-electron chi connectivity index (χ3n) is 7.12. The quantitative estimate of drug-likeness (QED) is 0.504. The van der Waals surface area contributed by atoms with E-state index in [0.29, 0.717) is 37.2 Å². The molecule has 2 unspecified atom stereocenters. The van der Waals surface area contributed by atoms with E-state index in [1.54, 1.807) is 6.08 Å². The summed E-state index contributed by atoms with van der Waals surface area (Å²) in [5, 5.41) is 9.28. The van der Waals surface area contributed by atoms with Gasteiger partial charge in [-0.3, -0.25) is 4.79 Å². The lowest BCUT2D eigenvalue weighted by molar-refractivity contribution is 0.0966. The Bertz CT molecular complexity index is 1170. The molecule has 3 N–H and O–H groups in total. The fraction of sp³-hybridized carbons (Fsp3) is 0.407. The zero-order valence-electron chi connectivity index (χ0n) is 20.6. The highest BCUT2D eigenvalue weighted by molar-refractivity contribution is 6.03. The number of morpholine rings is 1. The first-order chi connectivity index (χ1) is 17.4. The van der Waals surface area contributed by atoms with E-state index in [4.69, 9.17) is 4.74 Å². The van der Waals surface area contributed by atoms with Crippen LogP contribution in [0.5, 0.6) is 0 Å². The van der Waals surface area contributed by atoms with Gasteiger partial charge in [0.2, 0.25) is 0 Å². The van der Waals surface area contributed by atoms with Gasteiger partial charge in [0, 0.05) is 60.9 Å². The molecule has 2 fully saturated rings. The molecule has 1 amide bonds. The third-order valence-corrected chi connectivity index (χ3v) is 7.12. The van der Waals surface area contributed by atoms with Crippen molar-refractivity contribution in [1.29, 1.82) is 0 Å². The topological polar surface area (TPSA) is 81.8 Å². The number of nitrogens with one attached hydrogen (secondary N) is 3. The van der Waals surface area contributed by atoms with Crippen molar-refractivity contribution in [3.63, 3.8) is 0 Å².